The summed E-state index contributed by atoms with van der Waals surface area (Å²) in [6.45, 7) is 5.06. The molecular weight excluding hydrogens is 236 g/mol. The molecule has 0 aromatic heterocycles. The zero-order valence-electron chi connectivity index (χ0n) is 10.1. The van der Waals surface area contributed by atoms with Crippen LogP contribution in [0.3, 0.4) is 0 Å². The molecule has 1 saturated heterocycles. The molecule has 4 nitrogen and oxygen atoms in total. The monoisotopic (exact) mass is 254 g/mol. The van der Waals surface area contributed by atoms with Crippen molar-refractivity contribution in [3.05, 3.63) is 30.3 Å². The van der Waals surface area contributed by atoms with E-state index in [4.69, 9.17) is 0 Å². The van der Waals surface area contributed by atoms with Crippen LogP contribution in [0.2, 0.25) is 0 Å². The Morgan fingerprint density at radius 1 is 1.12 bits per heavy atom. The van der Waals surface area contributed by atoms with Gasteiger partial charge < -0.3 is 5.32 Å². The van der Waals surface area contributed by atoms with Crippen molar-refractivity contribution in [3.63, 3.8) is 0 Å². The van der Waals surface area contributed by atoms with Crippen LogP contribution >= 0.6 is 0 Å². The van der Waals surface area contributed by atoms with Crippen molar-refractivity contribution in [2.75, 3.05) is 13.1 Å². The summed E-state index contributed by atoms with van der Waals surface area (Å²) in [5.74, 6) is 0. The molecule has 1 aliphatic rings. The van der Waals surface area contributed by atoms with Gasteiger partial charge in [0, 0.05) is 25.2 Å². The van der Waals surface area contributed by atoms with Crippen LogP contribution in [-0.2, 0) is 10.0 Å². The smallest absolute Gasteiger partial charge is 0.243 e. The van der Waals surface area contributed by atoms with Crippen LogP contribution in [0.25, 0.3) is 0 Å². The second-order valence-corrected chi connectivity index (χ2v) is 6.54. The minimum Gasteiger partial charge on any atom is -0.309 e. The Labute approximate surface area is 103 Å². The van der Waals surface area contributed by atoms with E-state index < -0.39 is 10.0 Å². The van der Waals surface area contributed by atoms with Crippen molar-refractivity contribution < 1.29 is 8.42 Å². The number of nitrogens with zero attached hydrogens (tertiary/aromatic N) is 1. The number of benzene rings is 1. The largest absolute Gasteiger partial charge is 0.309 e. The van der Waals surface area contributed by atoms with Crippen molar-refractivity contribution in [1.82, 2.24) is 9.62 Å². The minimum absolute atomic E-state index is 0.192. The van der Waals surface area contributed by atoms with Crippen LogP contribution < -0.4 is 5.32 Å². The van der Waals surface area contributed by atoms with Crippen LogP contribution in [0.4, 0.5) is 0 Å². The molecular formula is C12H18N2O2S. The first kappa shape index (κ1) is 12.5. The third kappa shape index (κ3) is 2.68. The topological polar surface area (TPSA) is 49.4 Å². The molecule has 0 aliphatic carbocycles. The van der Waals surface area contributed by atoms with Crippen LogP contribution in [0.1, 0.15) is 13.8 Å². The van der Waals surface area contributed by atoms with Gasteiger partial charge in [0.25, 0.3) is 0 Å². The van der Waals surface area contributed by atoms with Gasteiger partial charge in [0.1, 0.15) is 0 Å². The van der Waals surface area contributed by atoms with Crippen molar-refractivity contribution in [1.29, 1.82) is 0 Å². The Morgan fingerprint density at radius 2 is 1.65 bits per heavy atom. The lowest BCUT2D eigenvalue weighted by atomic mass is 10.2. The Kier molecular flexibility index (Phi) is 3.51. The van der Waals surface area contributed by atoms with E-state index in [1.54, 1.807) is 28.6 Å². The van der Waals surface area contributed by atoms with Crippen molar-refractivity contribution in [2.24, 2.45) is 0 Å². The standard InChI is InChI=1S/C12H18N2O2S/c1-10-8-14(9-11(2)13-10)17(15,16)12-6-4-3-5-7-12/h3-7,10-11,13H,8-9H2,1-2H3/t10-,11+. The molecule has 2 rings (SSSR count). The molecule has 0 amide bonds. The Morgan fingerprint density at radius 3 is 2.18 bits per heavy atom. The van der Waals surface area contributed by atoms with E-state index in [1.807, 2.05) is 19.9 Å². The summed E-state index contributed by atoms with van der Waals surface area (Å²) in [7, 11) is -3.33. The zero-order valence-corrected chi connectivity index (χ0v) is 10.9. The van der Waals surface area contributed by atoms with Crippen molar-refractivity contribution >= 4 is 10.0 Å². The van der Waals surface area contributed by atoms with Gasteiger partial charge in [-0.3, -0.25) is 0 Å². The number of hydrogen-bond donors (Lipinski definition) is 1. The first-order valence-electron chi connectivity index (χ1n) is 5.81. The fraction of sp³-hybridized carbons (Fsp3) is 0.500. The third-order valence-corrected chi connectivity index (χ3v) is 4.75. The fourth-order valence-corrected chi connectivity index (χ4v) is 3.85. The van der Waals surface area contributed by atoms with Crippen LogP contribution in [0, 0.1) is 0 Å². The highest BCUT2D eigenvalue weighted by Crippen LogP contribution is 2.18. The third-order valence-electron chi connectivity index (χ3n) is 2.91. The predicted octanol–water partition coefficient (Wildman–Crippen LogP) is 1.06. The molecule has 1 aromatic rings. The van der Waals surface area contributed by atoms with Gasteiger partial charge in [-0.15, -0.1) is 0 Å². The fourth-order valence-electron chi connectivity index (χ4n) is 2.21. The molecule has 0 bridgehead atoms. The minimum atomic E-state index is -3.33. The summed E-state index contributed by atoms with van der Waals surface area (Å²) >= 11 is 0. The van der Waals surface area contributed by atoms with E-state index in [2.05, 4.69) is 5.32 Å². The van der Waals surface area contributed by atoms with Gasteiger partial charge in [-0.2, -0.15) is 4.31 Å². The number of piperazine rings is 1. The highest BCUT2D eigenvalue weighted by atomic mass is 32.2. The summed E-state index contributed by atoms with van der Waals surface area (Å²) in [5, 5.41) is 3.33. The molecule has 1 aliphatic heterocycles. The van der Waals surface area contributed by atoms with Crippen LogP contribution in [0.5, 0.6) is 0 Å². The average Bonchev–Trinajstić information content (AvgIpc) is 2.29. The molecule has 0 radical (unpaired) electrons. The molecule has 0 unspecified atom stereocenters. The first-order valence-corrected chi connectivity index (χ1v) is 7.25. The summed E-state index contributed by atoms with van der Waals surface area (Å²) in [6.07, 6.45) is 0. The van der Waals surface area contributed by atoms with Crippen LogP contribution in [0.15, 0.2) is 35.2 Å². The number of rotatable bonds is 2. The molecule has 1 fully saturated rings. The highest BCUT2D eigenvalue weighted by Gasteiger charge is 2.30. The van der Waals surface area contributed by atoms with E-state index in [1.165, 1.54) is 0 Å². The van der Waals surface area contributed by atoms with Gasteiger partial charge in [-0.1, -0.05) is 18.2 Å². The molecule has 2 atom stereocenters. The molecule has 0 saturated carbocycles. The second-order valence-electron chi connectivity index (χ2n) is 4.60. The average molecular weight is 254 g/mol. The van der Waals surface area contributed by atoms with Crippen molar-refractivity contribution in [3.8, 4) is 0 Å². The summed E-state index contributed by atoms with van der Waals surface area (Å²) < 4.78 is 26.3. The van der Waals surface area contributed by atoms with Gasteiger partial charge >= 0.3 is 0 Å². The Bertz CT molecular complexity index is 463. The van der Waals surface area contributed by atoms with Gasteiger partial charge in [0.05, 0.1) is 4.90 Å². The van der Waals surface area contributed by atoms with E-state index in [9.17, 15) is 8.42 Å². The molecule has 17 heavy (non-hydrogen) atoms. The summed E-state index contributed by atoms with van der Waals surface area (Å²) in [6, 6.07) is 9.00. The normalized spacial score (nSPS) is 26.9. The summed E-state index contributed by atoms with van der Waals surface area (Å²) in [5.41, 5.74) is 0. The Balaban J connectivity index is 2.27. The van der Waals surface area contributed by atoms with Crippen LogP contribution in [-0.4, -0.2) is 37.9 Å². The SMILES string of the molecule is C[C@@H]1CN(S(=O)(=O)c2ccccc2)C[C@H](C)N1. The molecule has 5 heteroatoms. The van der Waals surface area contributed by atoms with Gasteiger partial charge in [0.15, 0.2) is 0 Å². The van der Waals surface area contributed by atoms with E-state index in [0.29, 0.717) is 18.0 Å². The summed E-state index contributed by atoms with van der Waals surface area (Å²) in [4.78, 5) is 0.376. The van der Waals surface area contributed by atoms with Gasteiger partial charge in [-0.05, 0) is 26.0 Å². The molecule has 94 valence electrons. The number of nitrogens with one attached hydrogen (secondary N) is 1. The van der Waals surface area contributed by atoms with E-state index in [-0.39, 0.29) is 12.1 Å². The van der Waals surface area contributed by atoms with Crippen molar-refractivity contribution in [2.45, 2.75) is 30.8 Å². The number of hydrogen-bond acceptors (Lipinski definition) is 3. The molecule has 1 heterocycles. The maximum atomic E-state index is 12.4. The lowest BCUT2D eigenvalue weighted by Gasteiger charge is -2.35. The lowest BCUT2D eigenvalue weighted by Crippen LogP contribution is -2.55. The lowest BCUT2D eigenvalue weighted by molar-refractivity contribution is 0.263. The van der Waals surface area contributed by atoms with Gasteiger partial charge in [-0.25, -0.2) is 8.42 Å². The zero-order chi connectivity index (χ0) is 12.5. The Hall–Kier alpha value is -0.910. The highest BCUT2D eigenvalue weighted by molar-refractivity contribution is 7.89. The maximum Gasteiger partial charge on any atom is 0.243 e. The molecule has 1 aromatic carbocycles. The second kappa shape index (κ2) is 4.76. The first-order chi connectivity index (χ1) is 8.00. The molecule has 0 spiro atoms. The number of sulfonamides is 1. The quantitative estimate of drug-likeness (QED) is 0.858. The maximum absolute atomic E-state index is 12.4. The van der Waals surface area contributed by atoms with E-state index in [0.717, 1.165) is 0 Å². The molecule has 1 N–H and O–H groups in total. The van der Waals surface area contributed by atoms with E-state index >= 15 is 0 Å². The predicted molar refractivity (Wildman–Crippen MR) is 67.3 cm³/mol. The van der Waals surface area contributed by atoms with Gasteiger partial charge in [0.2, 0.25) is 10.0 Å².